The van der Waals surface area contributed by atoms with Crippen LogP contribution in [0.5, 0.6) is 0 Å². The van der Waals surface area contributed by atoms with Crippen LogP contribution in [-0.4, -0.2) is 46.7 Å². The van der Waals surface area contributed by atoms with Gasteiger partial charge in [-0.25, -0.2) is 13.2 Å². The third kappa shape index (κ3) is 6.10. The summed E-state index contributed by atoms with van der Waals surface area (Å²) in [6.07, 6.45) is 1.68. The van der Waals surface area contributed by atoms with Gasteiger partial charge in [-0.3, -0.25) is 9.10 Å². The number of hydrogen-bond acceptors (Lipinski definition) is 5. The lowest BCUT2D eigenvalue weighted by molar-refractivity contribution is -0.119. The Hall–Kier alpha value is -2.87. The van der Waals surface area contributed by atoms with E-state index in [1.54, 1.807) is 0 Å². The molecule has 0 saturated heterocycles. The van der Waals surface area contributed by atoms with Crippen molar-refractivity contribution in [3.05, 3.63) is 65.7 Å². The maximum absolute atomic E-state index is 12.2. The molecule has 8 heteroatoms. The molecule has 1 N–H and O–H groups in total. The summed E-state index contributed by atoms with van der Waals surface area (Å²) in [4.78, 5) is 23.7. The zero-order chi connectivity index (χ0) is 19.9. The number of rotatable bonds is 8. The number of methoxy groups -OCH3 is 1. The monoisotopic (exact) mass is 390 g/mol. The van der Waals surface area contributed by atoms with Crippen molar-refractivity contribution < 1.29 is 22.7 Å². The summed E-state index contributed by atoms with van der Waals surface area (Å²) in [5, 5.41) is 2.72. The fourth-order valence-electron chi connectivity index (χ4n) is 2.46. The first-order valence-electron chi connectivity index (χ1n) is 8.28. The van der Waals surface area contributed by atoms with Crippen molar-refractivity contribution in [2.45, 2.75) is 6.42 Å². The summed E-state index contributed by atoms with van der Waals surface area (Å²) >= 11 is 0. The molecule has 144 valence electrons. The molecule has 0 spiro atoms. The highest BCUT2D eigenvalue weighted by Crippen LogP contribution is 2.18. The molecule has 0 aliphatic carbocycles. The summed E-state index contributed by atoms with van der Waals surface area (Å²) in [6.45, 7) is 0.0624. The Balaban J connectivity index is 2.02. The number of ether oxygens (including phenoxy) is 1. The number of nitrogens with one attached hydrogen (secondary N) is 1. The minimum atomic E-state index is -3.67. The van der Waals surface area contributed by atoms with E-state index in [0.29, 0.717) is 24.2 Å². The van der Waals surface area contributed by atoms with Gasteiger partial charge < -0.3 is 10.1 Å². The van der Waals surface area contributed by atoms with E-state index in [2.05, 4.69) is 10.1 Å². The van der Waals surface area contributed by atoms with E-state index in [1.165, 1.54) is 31.4 Å². The quantitative estimate of drug-likeness (QED) is 0.691. The minimum Gasteiger partial charge on any atom is -0.465 e. The maximum atomic E-state index is 12.2. The highest BCUT2D eigenvalue weighted by Gasteiger charge is 2.21. The number of carbonyl (C=O) groups is 2. The van der Waals surface area contributed by atoms with Crippen LogP contribution in [0.15, 0.2) is 54.6 Å². The van der Waals surface area contributed by atoms with Crippen molar-refractivity contribution in [2.24, 2.45) is 0 Å². The first-order chi connectivity index (χ1) is 12.8. The van der Waals surface area contributed by atoms with Crippen molar-refractivity contribution in [3.63, 3.8) is 0 Å². The Kier molecular flexibility index (Phi) is 6.95. The molecule has 0 aliphatic rings. The Labute approximate surface area is 159 Å². The molecule has 2 rings (SSSR count). The number of hydrogen-bond donors (Lipinski definition) is 1. The van der Waals surface area contributed by atoms with E-state index in [1.807, 2.05) is 30.3 Å². The average Bonchev–Trinajstić information content (AvgIpc) is 2.65. The van der Waals surface area contributed by atoms with Gasteiger partial charge in [0.2, 0.25) is 15.9 Å². The molecule has 0 fully saturated rings. The fourth-order valence-corrected chi connectivity index (χ4v) is 3.32. The Morgan fingerprint density at radius 3 is 2.22 bits per heavy atom. The predicted octanol–water partition coefficient (Wildman–Crippen LogP) is 1.60. The SMILES string of the molecule is COC(=O)c1ccc(N(CC(=O)NCCc2ccccc2)S(C)(=O)=O)cc1. The molecule has 2 aromatic carbocycles. The number of amides is 1. The van der Waals surface area contributed by atoms with Crippen LogP contribution in [0.25, 0.3) is 0 Å². The van der Waals surface area contributed by atoms with Gasteiger partial charge in [-0.05, 0) is 36.2 Å². The number of esters is 1. The Bertz CT molecular complexity index is 880. The summed E-state index contributed by atoms with van der Waals surface area (Å²) in [5.74, 6) is -0.931. The second-order valence-electron chi connectivity index (χ2n) is 5.89. The standard InChI is InChI=1S/C19H22N2O5S/c1-26-19(23)16-8-10-17(11-9-16)21(27(2,24)25)14-18(22)20-13-12-15-6-4-3-5-7-15/h3-11H,12-14H2,1-2H3,(H,20,22). The van der Waals surface area contributed by atoms with Gasteiger partial charge in [0.15, 0.2) is 0 Å². The molecular weight excluding hydrogens is 368 g/mol. The second kappa shape index (κ2) is 9.18. The van der Waals surface area contributed by atoms with Gasteiger partial charge in [0.25, 0.3) is 0 Å². The molecule has 0 atom stereocenters. The molecule has 0 saturated carbocycles. The first-order valence-corrected chi connectivity index (χ1v) is 10.1. The molecule has 27 heavy (non-hydrogen) atoms. The van der Waals surface area contributed by atoms with Crippen LogP contribution in [0.3, 0.4) is 0 Å². The lowest BCUT2D eigenvalue weighted by Crippen LogP contribution is -2.41. The average molecular weight is 390 g/mol. The minimum absolute atomic E-state index is 0.294. The molecule has 0 radical (unpaired) electrons. The molecular formula is C19H22N2O5S. The van der Waals surface area contributed by atoms with Crippen LogP contribution in [0.2, 0.25) is 0 Å². The maximum Gasteiger partial charge on any atom is 0.337 e. The van der Waals surface area contributed by atoms with Crippen LogP contribution in [-0.2, 0) is 26.0 Å². The fraction of sp³-hybridized carbons (Fsp3) is 0.263. The molecule has 0 unspecified atom stereocenters. The van der Waals surface area contributed by atoms with Gasteiger partial charge in [-0.1, -0.05) is 30.3 Å². The van der Waals surface area contributed by atoms with Gasteiger partial charge in [-0.2, -0.15) is 0 Å². The third-order valence-corrected chi connectivity index (χ3v) is 4.98. The number of benzene rings is 2. The molecule has 0 aromatic heterocycles. The third-order valence-electron chi connectivity index (χ3n) is 3.84. The topological polar surface area (TPSA) is 92.8 Å². The molecule has 7 nitrogen and oxygen atoms in total. The smallest absolute Gasteiger partial charge is 0.337 e. The Morgan fingerprint density at radius 2 is 1.67 bits per heavy atom. The van der Waals surface area contributed by atoms with E-state index in [0.717, 1.165) is 16.1 Å². The zero-order valence-corrected chi connectivity index (χ0v) is 16.0. The van der Waals surface area contributed by atoms with Crippen molar-refractivity contribution in [3.8, 4) is 0 Å². The zero-order valence-electron chi connectivity index (χ0n) is 15.2. The number of nitrogens with zero attached hydrogens (tertiary/aromatic N) is 1. The second-order valence-corrected chi connectivity index (χ2v) is 7.80. The van der Waals surface area contributed by atoms with Gasteiger partial charge in [0, 0.05) is 6.54 Å². The van der Waals surface area contributed by atoms with E-state index in [9.17, 15) is 18.0 Å². The highest BCUT2D eigenvalue weighted by molar-refractivity contribution is 7.92. The summed E-state index contributed by atoms with van der Waals surface area (Å²) < 4.78 is 29.8. The largest absolute Gasteiger partial charge is 0.465 e. The molecule has 0 bridgehead atoms. The van der Waals surface area contributed by atoms with Crippen LogP contribution in [0.1, 0.15) is 15.9 Å². The van der Waals surface area contributed by atoms with Gasteiger partial charge in [0.1, 0.15) is 6.54 Å². The summed E-state index contributed by atoms with van der Waals surface area (Å²) in [6, 6.07) is 15.5. The van der Waals surface area contributed by atoms with Crippen molar-refractivity contribution in [1.29, 1.82) is 0 Å². The van der Waals surface area contributed by atoms with Crippen LogP contribution < -0.4 is 9.62 Å². The molecule has 0 aliphatic heterocycles. The number of sulfonamides is 1. The predicted molar refractivity (Wildman–Crippen MR) is 103 cm³/mol. The number of carbonyl (C=O) groups excluding carboxylic acids is 2. The lowest BCUT2D eigenvalue weighted by Gasteiger charge is -2.22. The van der Waals surface area contributed by atoms with E-state index in [-0.39, 0.29) is 6.54 Å². The van der Waals surface area contributed by atoms with Crippen LogP contribution >= 0.6 is 0 Å². The molecule has 1 amide bonds. The van der Waals surface area contributed by atoms with E-state index >= 15 is 0 Å². The van der Waals surface area contributed by atoms with E-state index < -0.39 is 21.9 Å². The normalized spacial score (nSPS) is 10.9. The number of anilines is 1. The highest BCUT2D eigenvalue weighted by atomic mass is 32.2. The Morgan fingerprint density at radius 1 is 1.04 bits per heavy atom. The van der Waals surface area contributed by atoms with Gasteiger partial charge in [-0.15, -0.1) is 0 Å². The van der Waals surface area contributed by atoms with Crippen LogP contribution in [0.4, 0.5) is 5.69 Å². The van der Waals surface area contributed by atoms with Crippen molar-refractivity contribution in [2.75, 3.05) is 30.8 Å². The van der Waals surface area contributed by atoms with Crippen LogP contribution in [0, 0.1) is 0 Å². The molecule has 0 heterocycles. The van der Waals surface area contributed by atoms with Crippen molar-refractivity contribution >= 4 is 27.6 Å². The van der Waals surface area contributed by atoms with Gasteiger partial charge >= 0.3 is 5.97 Å². The lowest BCUT2D eigenvalue weighted by atomic mass is 10.1. The van der Waals surface area contributed by atoms with E-state index in [4.69, 9.17) is 0 Å². The summed E-state index contributed by atoms with van der Waals surface area (Å²) in [5.41, 5.74) is 1.67. The molecule has 2 aromatic rings. The summed E-state index contributed by atoms with van der Waals surface area (Å²) in [7, 11) is -2.41. The first kappa shape index (κ1) is 20.4. The van der Waals surface area contributed by atoms with Crippen molar-refractivity contribution in [1.82, 2.24) is 5.32 Å². The van der Waals surface area contributed by atoms with Gasteiger partial charge in [0.05, 0.1) is 24.6 Å².